The van der Waals surface area contributed by atoms with Crippen LogP contribution >= 0.6 is 0 Å². The lowest BCUT2D eigenvalue weighted by atomic mass is 9.64. The molecule has 0 aromatic heterocycles. The fourth-order valence-electron chi connectivity index (χ4n) is 4.93. The molecule has 0 aliphatic carbocycles. The van der Waals surface area contributed by atoms with Crippen LogP contribution in [-0.2, 0) is 20.8 Å². The van der Waals surface area contributed by atoms with Gasteiger partial charge in [0.05, 0.1) is 0 Å². The quantitative estimate of drug-likeness (QED) is 0.183. The smallest absolute Gasteiger partial charge is 0.526 e. The van der Waals surface area contributed by atoms with Gasteiger partial charge in [0.2, 0.25) is 0 Å². The number of carboxylic acid groups (broad SMARTS) is 1. The van der Waals surface area contributed by atoms with Crippen LogP contribution in [0.5, 0.6) is 17.2 Å². The third kappa shape index (κ3) is 5.52. The highest BCUT2D eigenvalue weighted by molar-refractivity contribution is 6.47. The van der Waals surface area contributed by atoms with Crippen molar-refractivity contribution < 1.29 is 53.4 Å². The summed E-state index contributed by atoms with van der Waals surface area (Å²) in [6.45, 7) is 3.31. The van der Waals surface area contributed by atoms with E-state index in [1.165, 1.54) is 4.90 Å². The zero-order valence-electron chi connectivity index (χ0n) is 22.1. The molecule has 1 fully saturated rings. The van der Waals surface area contributed by atoms with E-state index in [4.69, 9.17) is 4.65 Å². The summed E-state index contributed by atoms with van der Waals surface area (Å²) in [5.41, 5.74) is 0.125. The van der Waals surface area contributed by atoms with Crippen molar-refractivity contribution >= 4 is 36.7 Å². The molecule has 41 heavy (non-hydrogen) atoms. The maximum absolute atomic E-state index is 15.0. The zero-order valence-corrected chi connectivity index (χ0v) is 22.1. The lowest BCUT2D eigenvalue weighted by Crippen LogP contribution is -2.58. The number of carbonyl (C=O) groups excluding carboxylic acids is 4. The first kappa shape index (κ1) is 29.3. The molecule has 15 heteroatoms. The molecular formula is C26H27BFN3O10. The van der Waals surface area contributed by atoms with Crippen LogP contribution < -0.4 is 9.97 Å². The van der Waals surface area contributed by atoms with E-state index in [1.54, 1.807) is 26.0 Å². The van der Waals surface area contributed by atoms with Gasteiger partial charge in [-0.2, -0.15) is 0 Å². The number of hydrogen-bond donors (Lipinski definition) is 5. The summed E-state index contributed by atoms with van der Waals surface area (Å²) in [6, 6.07) is 2.02. The summed E-state index contributed by atoms with van der Waals surface area (Å²) in [6.07, 6.45) is -0.516. The number of nitrogens with zero attached hydrogens (tertiary/aromatic N) is 2. The van der Waals surface area contributed by atoms with E-state index in [0.717, 1.165) is 12.1 Å². The van der Waals surface area contributed by atoms with Crippen LogP contribution in [0.2, 0.25) is 5.82 Å². The van der Waals surface area contributed by atoms with Crippen molar-refractivity contribution in [2.24, 2.45) is 0 Å². The molecule has 2 aromatic rings. The van der Waals surface area contributed by atoms with E-state index in [0.29, 0.717) is 16.0 Å². The molecule has 1 unspecified atom stereocenters. The molecule has 2 atom stereocenters. The standard InChI is InChI=1S/C26H27BFN3O10/c1-3-30-8-9-31(24(36)23(30)35)26(39)29-20(15-6-7-16(32)21(34)19(15)28)17(33)11-14-10-13-5-4-12(2)18(25(37)38)22(13)41-27(14)40/h4-7,14,20,32,34,40H,3,8-11H2,1-2H3,(H,29,39)(H,37,38)/t14-,20?/m1/s1. The number of carboxylic acids is 1. The van der Waals surface area contributed by atoms with Crippen molar-refractivity contribution in [3.8, 4) is 17.2 Å². The summed E-state index contributed by atoms with van der Waals surface area (Å²) in [5, 5.41) is 42.0. The van der Waals surface area contributed by atoms with E-state index in [9.17, 15) is 44.3 Å². The van der Waals surface area contributed by atoms with Gasteiger partial charge in [0.15, 0.2) is 23.1 Å². The van der Waals surface area contributed by atoms with Crippen molar-refractivity contribution in [2.75, 3.05) is 19.6 Å². The minimum atomic E-state index is -1.82. The number of fused-ring (bicyclic) bond motifs is 1. The van der Waals surface area contributed by atoms with E-state index < -0.39 is 77.9 Å². The van der Waals surface area contributed by atoms with Gasteiger partial charge in [0.25, 0.3) is 0 Å². The van der Waals surface area contributed by atoms with E-state index in [2.05, 4.69) is 5.32 Å². The van der Waals surface area contributed by atoms with Gasteiger partial charge in [-0.3, -0.25) is 19.3 Å². The van der Waals surface area contributed by atoms with Crippen LogP contribution in [0, 0.1) is 12.7 Å². The Labute approximate surface area is 233 Å². The monoisotopic (exact) mass is 571 g/mol. The Balaban J connectivity index is 1.62. The molecule has 13 nitrogen and oxygen atoms in total. The maximum Gasteiger partial charge on any atom is 0.526 e. The van der Waals surface area contributed by atoms with Crippen LogP contribution in [0.1, 0.15) is 46.4 Å². The number of phenolic OH excluding ortho intramolecular Hbond substituents is 2. The van der Waals surface area contributed by atoms with Gasteiger partial charge in [-0.15, -0.1) is 0 Å². The molecule has 2 aromatic carbocycles. The number of imide groups is 1. The number of likely N-dealkylation sites (N-methyl/N-ethyl adjacent to an activating group) is 1. The lowest BCUT2D eigenvalue weighted by Gasteiger charge is -2.33. The highest BCUT2D eigenvalue weighted by Crippen LogP contribution is 2.39. The van der Waals surface area contributed by atoms with Gasteiger partial charge in [-0.1, -0.05) is 12.1 Å². The number of rotatable bonds is 7. The van der Waals surface area contributed by atoms with Crippen molar-refractivity contribution in [1.82, 2.24) is 15.1 Å². The Hall–Kier alpha value is -4.66. The van der Waals surface area contributed by atoms with Crippen molar-refractivity contribution in [1.29, 1.82) is 0 Å². The van der Waals surface area contributed by atoms with Crippen molar-refractivity contribution in [3.63, 3.8) is 0 Å². The maximum atomic E-state index is 15.0. The molecule has 0 saturated carbocycles. The normalized spacial score (nSPS) is 17.6. The average Bonchev–Trinajstić information content (AvgIpc) is 2.92. The van der Waals surface area contributed by atoms with E-state index >= 15 is 4.39 Å². The largest absolute Gasteiger partial charge is 0.535 e. The van der Waals surface area contributed by atoms with Gasteiger partial charge in [0, 0.05) is 37.4 Å². The fourth-order valence-corrected chi connectivity index (χ4v) is 4.93. The molecule has 0 radical (unpaired) electrons. The Kier molecular flexibility index (Phi) is 8.19. The Morgan fingerprint density at radius 3 is 2.51 bits per heavy atom. The number of hydrogen-bond acceptors (Lipinski definition) is 9. The molecule has 4 amide bonds. The number of ketones is 1. The molecule has 0 bridgehead atoms. The van der Waals surface area contributed by atoms with Gasteiger partial charge in [-0.05, 0) is 43.5 Å². The molecule has 2 aliphatic rings. The Bertz CT molecular complexity index is 1450. The van der Waals surface area contributed by atoms with Crippen molar-refractivity contribution in [3.05, 3.63) is 52.3 Å². The molecule has 0 spiro atoms. The second-order valence-corrected chi connectivity index (χ2v) is 9.75. The summed E-state index contributed by atoms with van der Waals surface area (Å²) in [4.78, 5) is 64.9. The predicted molar refractivity (Wildman–Crippen MR) is 139 cm³/mol. The third-order valence-electron chi connectivity index (χ3n) is 7.21. The Morgan fingerprint density at radius 1 is 1.15 bits per heavy atom. The van der Waals surface area contributed by atoms with Crippen LogP contribution in [0.3, 0.4) is 0 Å². The highest BCUT2D eigenvalue weighted by Gasteiger charge is 2.42. The number of aromatic hydroxyl groups is 2. The van der Waals surface area contributed by atoms with E-state index in [1.807, 2.05) is 0 Å². The number of halogens is 1. The summed E-state index contributed by atoms with van der Waals surface area (Å²) < 4.78 is 20.5. The van der Waals surface area contributed by atoms with Crippen molar-refractivity contribution in [2.45, 2.75) is 38.5 Å². The summed E-state index contributed by atoms with van der Waals surface area (Å²) in [5.74, 6) is -8.61. The second kappa shape index (κ2) is 11.4. The number of carbonyl (C=O) groups is 5. The Morgan fingerprint density at radius 2 is 1.85 bits per heavy atom. The number of aromatic carboxylic acids is 1. The van der Waals surface area contributed by atoms with Gasteiger partial charge in [0.1, 0.15) is 17.4 Å². The first-order valence-electron chi connectivity index (χ1n) is 12.7. The van der Waals surface area contributed by atoms with Crippen LogP contribution in [0.25, 0.3) is 0 Å². The average molecular weight is 571 g/mol. The molecule has 1 saturated heterocycles. The van der Waals surface area contributed by atoms with Crippen LogP contribution in [0.15, 0.2) is 24.3 Å². The minimum Gasteiger partial charge on any atom is -0.535 e. The van der Waals surface area contributed by atoms with Gasteiger partial charge < -0.3 is 35.2 Å². The molecule has 5 N–H and O–H groups in total. The minimum absolute atomic E-state index is 0.00125. The van der Waals surface area contributed by atoms with Crippen LogP contribution in [-0.4, -0.2) is 86.5 Å². The first-order valence-corrected chi connectivity index (χ1v) is 12.7. The number of Topliss-reactive ketones (excluding diaryl/α,β-unsaturated/α-hetero) is 1. The first-order chi connectivity index (χ1) is 19.3. The molecule has 216 valence electrons. The number of urea groups is 1. The van der Waals surface area contributed by atoms with Crippen LogP contribution in [0.4, 0.5) is 9.18 Å². The summed E-state index contributed by atoms with van der Waals surface area (Å²) >= 11 is 0. The SMILES string of the molecule is CCN1CCN(C(=O)NC(C(=O)C[C@H]2Cc3ccc(C)c(C(=O)O)c3OB2O)c2ccc(O)c(O)c2F)C(=O)C1=O. The van der Waals surface area contributed by atoms with Gasteiger partial charge >= 0.3 is 30.9 Å². The molecule has 4 rings (SSSR count). The fraction of sp³-hybridized carbons (Fsp3) is 0.346. The topological polar surface area (TPSA) is 194 Å². The zero-order chi connectivity index (χ0) is 30.2. The van der Waals surface area contributed by atoms with Gasteiger partial charge in [-0.25, -0.2) is 14.0 Å². The predicted octanol–water partition coefficient (Wildman–Crippen LogP) is 1.13. The lowest BCUT2D eigenvalue weighted by molar-refractivity contribution is -0.153. The highest BCUT2D eigenvalue weighted by atomic mass is 19.1. The van der Waals surface area contributed by atoms with E-state index in [-0.39, 0.29) is 37.4 Å². The number of benzene rings is 2. The molecule has 2 heterocycles. The second-order valence-electron chi connectivity index (χ2n) is 9.75. The number of aryl methyl sites for hydroxylation is 1. The third-order valence-corrected chi connectivity index (χ3v) is 7.21. The number of nitrogens with one attached hydrogen (secondary N) is 1. The molecule has 2 aliphatic heterocycles. The summed E-state index contributed by atoms with van der Waals surface area (Å²) in [7, 11) is -1.64. The molecular weight excluding hydrogens is 544 g/mol. The number of phenols is 2. The number of piperazine rings is 1. The number of amides is 4.